The molecule has 1 atom stereocenters. The Bertz CT molecular complexity index is 617. The summed E-state index contributed by atoms with van der Waals surface area (Å²) in [5, 5.41) is 0. The molecule has 4 heteroatoms. The van der Waals surface area contributed by atoms with Gasteiger partial charge in [-0.3, -0.25) is 4.79 Å². The number of ketones is 1. The van der Waals surface area contributed by atoms with Crippen LogP contribution in [-0.2, 0) is 4.74 Å². The molecule has 108 valence electrons. The molecule has 21 heavy (non-hydrogen) atoms. The first-order valence-electron chi connectivity index (χ1n) is 6.56. The molecule has 0 aliphatic carbocycles. The zero-order valence-corrected chi connectivity index (χ0v) is 11.9. The average Bonchev–Trinajstić information content (AvgIpc) is 2.55. The Morgan fingerprint density at radius 2 is 1.52 bits per heavy atom. The zero-order chi connectivity index (χ0) is 15.2. The molecule has 0 bridgehead atoms. The van der Waals surface area contributed by atoms with E-state index in [-0.39, 0.29) is 5.78 Å². The van der Waals surface area contributed by atoms with Crippen molar-refractivity contribution in [2.75, 3.05) is 7.11 Å². The SMILES string of the molecule is COc1ccc(C(=O)O[C@H](C)C(=O)c2ccccc2)cc1. The van der Waals surface area contributed by atoms with Crippen molar-refractivity contribution in [1.29, 1.82) is 0 Å². The predicted octanol–water partition coefficient (Wildman–Crippen LogP) is 3.12. The molecule has 0 saturated heterocycles. The smallest absolute Gasteiger partial charge is 0.338 e. The van der Waals surface area contributed by atoms with Crippen LogP contribution in [0.2, 0.25) is 0 Å². The van der Waals surface area contributed by atoms with Gasteiger partial charge < -0.3 is 9.47 Å². The summed E-state index contributed by atoms with van der Waals surface area (Å²) in [4.78, 5) is 24.1. The molecule has 4 nitrogen and oxygen atoms in total. The molecule has 0 saturated carbocycles. The number of esters is 1. The van der Waals surface area contributed by atoms with Crippen molar-refractivity contribution in [2.45, 2.75) is 13.0 Å². The number of methoxy groups -OCH3 is 1. The van der Waals surface area contributed by atoms with Gasteiger partial charge in [-0.2, -0.15) is 0 Å². The van der Waals surface area contributed by atoms with E-state index < -0.39 is 12.1 Å². The van der Waals surface area contributed by atoms with Gasteiger partial charge in [-0.25, -0.2) is 4.79 Å². The summed E-state index contributed by atoms with van der Waals surface area (Å²) in [6.07, 6.45) is -0.831. The fourth-order valence-electron chi connectivity index (χ4n) is 1.85. The third-order valence-corrected chi connectivity index (χ3v) is 3.04. The van der Waals surface area contributed by atoms with Gasteiger partial charge in [0.05, 0.1) is 12.7 Å². The van der Waals surface area contributed by atoms with Crippen LogP contribution in [0.25, 0.3) is 0 Å². The van der Waals surface area contributed by atoms with Gasteiger partial charge in [0.2, 0.25) is 5.78 Å². The molecular weight excluding hydrogens is 268 g/mol. The predicted molar refractivity (Wildman–Crippen MR) is 78.6 cm³/mol. The van der Waals surface area contributed by atoms with Crippen molar-refractivity contribution >= 4 is 11.8 Å². The summed E-state index contributed by atoms with van der Waals surface area (Å²) in [5.41, 5.74) is 0.899. The summed E-state index contributed by atoms with van der Waals surface area (Å²) >= 11 is 0. The van der Waals surface area contributed by atoms with Crippen LogP contribution in [0.4, 0.5) is 0 Å². The Kier molecular flexibility index (Phi) is 4.72. The molecule has 0 amide bonds. The lowest BCUT2D eigenvalue weighted by Crippen LogP contribution is -2.24. The van der Waals surface area contributed by atoms with Crippen molar-refractivity contribution in [3.05, 3.63) is 65.7 Å². The van der Waals surface area contributed by atoms with Crippen LogP contribution >= 0.6 is 0 Å². The van der Waals surface area contributed by atoms with Gasteiger partial charge in [-0.15, -0.1) is 0 Å². The normalized spacial score (nSPS) is 11.5. The highest BCUT2D eigenvalue weighted by molar-refractivity contribution is 6.01. The Morgan fingerprint density at radius 1 is 0.905 bits per heavy atom. The lowest BCUT2D eigenvalue weighted by molar-refractivity contribution is 0.0319. The average molecular weight is 284 g/mol. The summed E-state index contributed by atoms with van der Waals surface area (Å²) in [6.45, 7) is 1.57. The summed E-state index contributed by atoms with van der Waals surface area (Å²) < 4.78 is 10.2. The van der Waals surface area contributed by atoms with Crippen LogP contribution in [0.5, 0.6) is 5.75 Å². The fraction of sp³-hybridized carbons (Fsp3) is 0.176. The minimum Gasteiger partial charge on any atom is -0.497 e. The molecule has 0 spiro atoms. The van der Waals surface area contributed by atoms with Crippen molar-refractivity contribution in [3.63, 3.8) is 0 Å². The first-order valence-corrected chi connectivity index (χ1v) is 6.56. The van der Waals surface area contributed by atoms with Crippen LogP contribution in [0.1, 0.15) is 27.6 Å². The zero-order valence-electron chi connectivity index (χ0n) is 11.9. The number of benzene rings is 2. The van der Waals surface area contributed by atoms with Crippen molar-refractivity contribution in [1.82, 2.24) is 0 Å². The monoisotopic (exact) mass is 284 g/mol. The molecule has 0 aliphatic rings. The van der Waals surface area contributed by atoms with Crippen molar-refractivity contribution in [2.24, 2.45) is 0 Å². The number of hydrogen-bond acceptors (Lipinski definition) is 4. The van der Waals surface area contributed by atoms with E-state index in [1.54, 1.807) is 62.6 Å². The standard InChI is InChI=1S/C17H16O4/c1-12(16(18)13-6-4-3-5-7-13)21-17(19)14-8-10-15(20-2)11-9-14/h3-12H,1-2H3/t12-/m1/s1. The fourth-order valence-corrected chi connectivity index (χ4v) is 1.85. The third kappa shape index (κ3) is 3.69. The molecular formula is C17H16O4. The molecule has 0 radical (unpaired) electrons. The van der Waals surface area contributed by atoms with Crippen LogP contribution in [0.15, 0.2) is 54.6 Å². The molecule has 0 aliphatic heterocycles. The molecule has 0 aromatic heterocycles. The second-order valence-corrected chi connectivity index (χ2v) is 4.51. The summed E-state index contributed by atoms with van der Waals surface area (Å²) in [7, 11) is 1.55. The van der Waals surface area contributed by atoms with E-state index in [4.69, 9.17) is 9.47 Å². The van der Waals surface area contributed by atoms with Crippen LogP contribution < -0.4 is 4.74 Å². The van der Waals surface area contributed by atoms with E-state index in [9.17, 15) is 9.59 Å². The highest BCUT2D eigenvalue weighted by atomic mass is 16.5. The van der Waals surface area contributed by atoms with Crippen molar-refractivity contribution in [3.8, 4) is 5.75 Å². The number of rotatable bonds is 5. The van der Waals surface area contributed by atoms with Crippen molar-refractivity contribution < 1.29 is 19.1 Å². The van der Waals surface area contributed by atoms with E-state index in [2.05, 4.69) is 0 Å². The third-order valence-electron chi connectivity index (χ3n) is 3.04. The molecule has 0 N–H and O–H groups in total. The lowest BCUT2D eigenvalue weighted by atomic mass is 10.1. The Labute approximate surface area is 123 Å². The lowest BCUT2D eigenvalue weighted by Gasteiger charge is -2.12. The van der Waals surface area contributed by atoms with Crippen LogP contribution in [0, 0.1) is 0 Å². The van der Waals surface area contributed by atoms with Gasteiger partial charge in [-0.05, 0) is 31.2 Å². The molecule has 2 rings (SSSR count). The molecule has 2 aromatic rings. The molecule has 0 unspecified atom stereocenters. The maximum absolute atomic E-state index is 12.1. The maximum atomic E-state index is 12.1. The minimum atomic E-state index is -0.831. The Balaban J connectivity index is 2.03. The number of Topliss-reactive ketones (excluding diaryl/α,β-unsaturated/α-hetero) is 1. The summed E-state index contributed by atoms with van der Waals surface area (Å²) in [6, 6.07) is 15.3. The second-order valence-electron chi connectivity index (χ2n) is 4.51. The topological polar surface area (TPSA) is 52.6 Å². The minimum absolute atomic E-state index is 0.225. The largest absolute Gasteiger partial charge is 0.497 e. The number of carbonyl (C=O) groups is 2. The van der Waals surface area contributed by atoms with Gasteiger partial charge in [0.15, 0.2) is 6.10 Å². The van der Waals surface area contributed by atoms with Gasteiger partial charge in [0.25, 0.3) is 0 Å². The highest BCUT2D eigenvalue weighted by Gasteiger charge is 2.20. The van der Waals surface area contributed by atoms with E-state index in [0.717, 1.165) is 0 Å². The van der Waals surface area contributed by atoms with Gasteiger partial charge in [-0.1, -0.05) is 30.3 Å². The van der Waals surface area contributed by atoms with E-state index in [1.807, 2.05) is 6.07 Å². The van der Waals surface area contributed by atoms with Gasteiger partial charge >= 0.3 is 5.97 Å². The van der Waals surface area contributed by atoms with Crippen LogP contribution in [-0.4, -0.2) is 25.0 Å². The van der Waals surface area contributed by atoms with E-state index in [0.29, 0.717) is 16.9 Å². The second kappa shape index (κ2) is 6.70. The number of hydrogen-bond donors (Lipinski definition) is 0. The molecule has 2 aromatic carbocycles. The molecule has 0 heterocycles. The molecule has 0 fully saturated rings. The quantitative estimate of drug-likeness (QED) is 0.625. The van der Waals surface area contributed by atoms with Gasteiger partial charge in [0.1, 0.15) is 5.75 Å². The highest BCUT2D eigenvalue weighted by Crippen LogP contribution is 2.14. The first kappa shape index (κ1) is 14.8. The Morgan fingerprint density at radius 3 is 2.10 bits per heavy atom. The first-order chi connectivity index (χ1) is 10.1. The van der Waals surface area contributed by atoms with E-state index in [1.165, 1.54) is 0 Å². The number of ether oxygens (including phenoxy) is 2. The summed E-state index contributed by atoms with van der Waals surface area (Å²) in [5.74, 6) is -0.105. The van der Waals surface area contributed by atoms with Gasteiger partial charge in [0, 0.05) is 5.56 Å². The van der Waals surface area contributed by atoms with E-state index >= 15 is 0 Å². The Hall–Kier alpha value is -2.62. The maximum Gasteiger partial charge on any atom is 0.338 e. The van der Waals surface area contributed by atoms with Crippen LogP contribution in [0.3, 0.4) is 0 Å². The number of carbonyl (C=O) groups excluding carboxylic acids is 2.